The maximum Gasteiger partial charge on any atom is 0.341 e. The van der Waals surface area contributed by atoms with E-state index in [0.717, 1.165) is 17.3 Å². The van der Waals surface area contributed by atoms with E-state index in [1.807, 2.05) is 6.92 Å². The van der Waals surface area contributed by atoms with E-state index in [2.05, 4.69) is 4.98 Å². The molecule has 2 aromatic rings. The van der Waals surface area contributed by atoms with Crippen molar-refractivity contribution in [3.05, 3.63) is 45.7 Å². The Balaban J connectivity index is 2.14. The first-order valence-corrected chi connectivity index (χ1v) is 9.37. The van der Waals surface area contributed by atoms with E-state index in [4.69, 9.17) is 4.74 Å². The van der Waals surface area contributed by atoms with Crippen LogP contribution in [0, 0.1) is 12.7 Å². The van der Waals surface area contributed by atoms with Gasteiger partial charge in [0.05, 0.1) is 16.3 Å². The van der Waals surface area contributed by atoms with Crippen LogP contribution in [0.1, 0.15) is 16.3 Å². The minimum absolute atomic E-state index is 0.00238. The Bertz CT molecular complexity index is 944. The Labute approximate surface area is 136 Å². The lowest BCUT2D eigenvalue weighted by molar-refractivity contribution is -0.133. The fourth-order valence-corrected chi connectivity index (χ4v) is 3.69. The van der Waals surface area contributed by atoms with Crippen molar-refractivity contribution in [2.75, 3.05) is 12.9 Å². The number of thiazole rings is 1. The van der Waals surface area contributed by atoms with Gasteiger partial charge in [-0.25, -0.2) is 22.6 Å². The third-order valence-electron chi connectivity index (χ3n) is 3.41. The average Bonchev–Trinajstić information content (AvgIpc) is 3.03. The summed E-state index contributed by atoms with van der Waals surface area (Å²) in [4.78, 5) is 15.9. The molecule has 1 aromatic heterocycles. The quantitative estimate of drug-likeness (QED) is 0.793. The van der Waals surface area contributed by atoms with Gasteiger partial charge in [0.15, 0.2) is 9.84 Å². The Kier molecular flexibility index (Phi) is 3.81. The highest BCUT2D eigenvalue weighted by Gasteiger charge is 2.29. The number of carbonyl (C=O) groups is 1. The molecule has 0 saturated heterocycles. The van der Waals surface area contributed by atoms with Crippen LogP contribution in [-0.4, -0.2) is 32.2 Å². The summed E-state index contributed by atoms with van der Waals surface area (Å²) in [5.41, 5.74) is 1.68. The van der Waals surface area contributed by atoms with Gasteiger partial charge in [-0.2, -0.15) is 0 Å². The summed E-state index contributed by atoms with van der Waals surface area (Å²) in [5.74, 6) is -1.37. The van der Waals surface area contributed by atoms with Gasteiger partial charge in [-0.3, -0.25) is 0 Å². The van der Waals surface area contributed by atoms with Gasteiger partial charge in [0.1, 0.15) is 17.3 Å². The summed E-state index contributed by atoms with van der Waals surface area (Å²) in [6.45, 7) is 1.82. The minimum atomic E-state index is -3.65. The van der Waals surface area contributed by atoms with Crippen LogP contribution in [0.2, 0.25) is 0 Å². The number of nitrogens with zero attached hydrogens (tertiary/aromatic N) is 1. The van der Waals surface area contributed by atoms with Crippen LogP contribution in [0.4, 0.5) is 4.39 Å². The number of hydrogen-bond acceptors (Lipinski definition) is 6. The van der Waals surface area contributed by atoms with Crippen LogP contribution < -0.4 is 0 Å². The van der Waals surface area contributed by atoms with Crippen LogP contribution >= 0.6 is 11.3 Å². The largest absolute Gasteiger partial charge is 0.457 e. The van der Waals surface area contributed by atoms with Crippen LogP contribution in [0.5, 0.6) is 0 Å². The second-order valence-corrected chi connectivity index (χ2v) is 8.15. The Hall–Kier alpha value is -2.06. The zero-order chi connectivity index (χ0) is 16.8. The Morgan fingerprint density at radius 2 is 2.09 bits per heavy atom. The highest BCUT2D eigenvalue weighted by Crippen LogP contribution is 2.34. The number of cyclic esters (lactones) is 1. The number of rotatable bonds is 3. The lowest BCUT2D eigenvalue weighted by atomic mass is 10.0. The molecular weight excluding hydrogens is 341 g/mol. The summed E-state index contributed by atoms with van der Waals surface area (Å²) in [7, 11) is -3.65. The van der Waals surface area contributed by atoms with Gasteiger partial charge in [0, 0.05) is 17.2 Å². The smallest absolute Gasteiger partial charge is 0.341 e. The van der Waals surface area contributed by atoms with Crippen molar-refractivity contribution in [3.63, 3.8) is 0 Å². The van der Waals surface area contributed by atoms with E-state index >= 15 is 0 Å². The number of benzene rings is 1. The molecule has 23 heavy (non-hydrogen) atoms. The van der Waals surface area contributed by atoms with E-state index < -0.39 is 21.6 Å². The molecule has 0 unspecified atom stereocenters. The average molecular weight is 353 g/mol. The standard InChI is InChI=1S/C15H12FNO4S2/c1-8-17-12(7-22-8)14-10(6-21-15(14)18)9-3-4-13(11(16)5-9)23(2,19)20/h3-5,7H,6H2,1-2H3. The molecule has 0 amide bonds. The van der Waals surface area contributed by atoms with Crippen molar-refractivity contribution in [1.29, 1.82) is 0 Å². The molecule has 0 N–H and O–H groups in total. The summed E-state index contributed by atoms with van der Waals surface area (Å²) >= 11 is 1.39. The first kappa shape index (κ1) is 15.8. The lowest BCUT2D eigenvalue weighted by Crippen LogP contribution is -2.02. The number of halogens is 1. The third-order valence-corrected chi connectivity index (χ3v) is 5.31. The molecule has 1 aliphatic heterocycles. The number of aromatic nitrogens is 1. The zero-order valence-electron chi connectivity index (χ0n) is 12.3. The molecule has 2 heterocycles. The van der Waals surface area contributed by atoms with Crippen molar-refractivity contribution < 1.29 is 22.3 Å². The molecule has 3 rings (SSSR count). The Morgan fingerprint density at radius 1 is 1.35 bits per heavy atom. The van der Waals surface area contributed by atoms with Crippen LogP contribution in [0.3, 0.4) is 0 Å². The van der Waals surface area contributed by atoms with E-state index in [1.165, 1.54) is 23.5 Å². The molecule has 1 aromatic carbocycles. The van der Waals surface area contributed by atoms with E-state index in [9.17, 15) is 17.6 Å². The van der Waals surface area contributed by atoms with Gasteiger partial charge in [-0.05, 0) is 24.6 Å². The minimum Gasteiger partial charge on any atom is -0.457 e. The van der Waals surface area contributed by atoms with Gasteiger partial charge in [-0.15, -0.1) is 11.3 Å². The molecule has 0 radical (unpaired) electrons. The van der Waals surface area contributed by atoms with Crippen LogP contribution in [0.25, 0.3) is 11.1 Å². The molecule has 5 nitrogen and oxygen atoms in total. The molecule has 0 bridgehead atoms. The summed E-state index contributed by atoms with van der Waals surface area (Å²) in [6.07, 6.45) is 0.941. The maximum atomic E-state index is 14.1. The monoisotopic (exact) mass is 353 g/mol. The SMILES string of the molecule is Cc1nc(C2=C(c3ccc(S(C)(=O)=O)c(F)c3)COC2=O)cs1. The van der Waals surface area contributed by atoms with Crippen molar-refractivity contribution in [3.8, 4) is 0 Å². The topological polar surface area (TPSA) is 73.3 Å². The molecule has 8 heteroatoms. The van der Waals surface area contributed by atoms with E-state index in [-0.39, 0.29) is 11.5 Å². The first-order chi connectivity index (χ1) is 10.8. The molecular formula is C15H12FNO4S2. The van der Waals surface area contributed by atoms with Gasteiger partial charge in [0.2, 0.25) is 0 Å². The van der Waals surface area contributed by atoms with Crippen molar-refractivity contribution in [2.24, 2.45) is 0 Å². The number of aryl methyl sites for hydroxylation is 1. The van der Waals surface area contributed by atoms with Crippen molar-refractivity contribution >= 4 is 38.3 Å². The van der Waals surface area contributed by atoms with Crippen molar-refractivity contribution in [1.82, 2.24) is 4.98 Å². The molecule has 1 aliphatic rings. The Morgan fingerprint density at radius 3 is 2.65 bits per heavy atom. The van der Waals surface area contributed by atoms with Crippen LogP contribution in [0.15, 0.2) is 28.5 Å². The fraction of sp³-hybridized carbons (Fsp3) is 0.200. The predicted octanol–water partition coefficient (Wildman–Crippen LogP) is 2.46. The number of ether oxygens (including phenoxy) is 1. The predicted molar refractivity (Wildman–Crippen MR) is 84.1 cm³/mol. The zero-order valence-corrected chi connectivity index (χ0v) is 13.9. The second kappa shape index (κ2) is 5.54. The molecule has 0 spiro atoms. The fourth-order valence-electron chi connectivity index (χ4n) is 2.36. The third kappa shape index (κ3) is 2.91. The summed E-state index contributed by atoms with van der Waals surface area (Å²) < 4.78 is 42.1. The van der Waals surface area contributed by atoms with E-state index in [1.54, 1.807) is 5.38 Å². The van der Waals surface area contributed by atoms with Crippen LogP contribution in [-0.2, 0) is 19.4 Å². The molecule has 0 saturated carbocycles. The highest BCUT2D eigenvalue weighted by atomic mass is 32.2. The maximum absolute atomic E-state index is 14.1. The van der Waals surface area contributed by atoms with Gasteiger partial charge in [-0.1, -0.05) is 6.07 Å². The summed E-state index contributed by atoms with van der Waals surface area (Å²) in [6, 6.07) is 3.77. The lowest BCUT2D eigenvalue weighted by Gasteiger charge is -2.06. The van der Waals surface area contributed by atoms with Gasteiger partial charge >= 0.3 is 5.97 Å². The van der Waals surface area contributed by atoms with Crippen molar-refractivity contribution in [2.45, 2.75) is 11.8 Å². The van der Waals surface area contributed by atoms with E-state index in [0.29, 0.717) is 22.4 Å². The molecule has 120 valence electrons. The normalized spacial score (nSPS) is 15.2. The number of sulfone groups is 1. The summed E-state index contributed by atoms with van der Waals surface area (Å²) in [5, 5.41) is 2.53. The number of esters is 1. The molecule has 0 fully saturated rings. The number of carbonyl (C=O) groups excluding carboxylic acids is 1. The second-order valence-electron chi connectivity index (χ2n) is 5.10. The molecule has 0 atom stereocenters. The van der Waals surface area contributed by atoms with Gasteiger partial charge in [0.25, 0.3) is 0 Å². The highest BCUT2D eigenvalue weighted by molar-refractivity contribution is 7.90. The van der Waals surface area contributed by atoms with Gasteiger partial charge < -0.3 is 4.74 Å². The number of hydrogen-bond donors (Lipinski definition) is 0. The molecule has 0 aliphatic carbocycles. The first-order valence-electron chi connectivity index (χ1n) is 6.60.